The Labute approximate surface area is 257 Å². The smallest absolute Gasteiger partial charge is 0.0641 e. The van der Waals surface area contributed by atoms with E-state index in [-0.39, 0.29) is 0 Å². The third kappa shape index (κ3) is 2.86. The second-order valence-corrected chi connectivity index (χ2v) is 12.2. The molecule has 11 rings (SSSR count). The molecule has 7 aromatic carbocycles. The first-order valence-electron chi connectivity index (χ1n) is 15.5. The summed E-state index contributed by atoms with van der Waals surface area (Å²) in [6, 6.07) is 55.5. The number of hydrogen-bond donors (Lipinski definition) is 0. The van der Waals surface area contributed by atoms with Crippen molar-refractivity contribution in [2.24, 2.45) is 0 Å². The molecule has 11 aromatic rings. The molecule has 3 heteroatoms. The molecule has 0 atom stereocenters. The van der Waals surface area contributed by atoms with E-state index in [4.69, 9.17) is 0 Å². The van der Waals surface area contributed by atoms with Crippen LogP contribution in [0, 0.1) is 0 Å². The molecule has 0 saturated carbocycles. The molecule has 3 nitrogen and oxygen atoms in total. The van der Waals surface area contributed by atoms with E-state index in [2.05, 4.69) is 165 Å². The minimum atomic E-state index is 1.18. The number of fused-ring (bicyclic) bond motifs is 13. The first-order valence-corrected chi connectivity index (χ1v) is 15.5. The van der Waals surface area contributed by atoms with E-state index < -0.39 is 0 Å². The molecule has 4 aromatic heterocycles. The van der Waals surface area contributed by atoms with Crippen LogP contribution in [0.25, 0.3) is 93.1 Å². The fourth-order valence-electron chi connectivity index (χ4n) is 8.18. The van der Waals surface area contributed by atoms with Gasteiger partial charge >= 0.3 is 0 Å². The van der Waals surface area contributed by atoms with Gasteiger partial charge in [-0.15, -0.1) is 0 Å². The Hall–Kier alpha value is -6.06. The zero-order chi connectivity index (χ0) is 29.2. The lowest BCUT2D eigenvalue weighted by Crippen LogP contribution is -1.94. The molecule has 4 heterocycles. The van der Waals surface area contributed by atoms with Crippen molar-refractivity contribution in [1.29, 1.82) is 0 Å². The molecule has 45 heavy (non-hydrogen) atoms. The van der Waals surface area contributed by atoms with E-state index >= 15 is 0 Å². The fraction of sp³-hybridized carbons (Fsp3) is 0. The van der Waals surface area contributed by atoms with Crippen molar-refractivity contribution in [3.05, 3.63) is 152 Å². The highest BCUT2D eigenvalue weighted by Gasteiger charge is 2.24. The summed E-state index contributed by atoms with van der Waals surface area (Å²) in [5.41, 5.74) is 11.1. The van der Waals surface area contributed by atoms with E-state index in [1.165, 1.54) is 93.1 Å². The second kappa shape index (κ2) is 8.31. The van der Waals surface area contributed by atoms with Crippen LogP contribution in [-0.4, -0.2) is 13.5 Å². The number of nitrogens with zero attached hydrogens (tertiary/aromatic N) is 3. The van der Waals surface area contributed by atoms with Gasteiger partial charge in [0.15, 0.2) is 0 Å². The molecular weight excluding hydrogens is 546 g/mol. The number of para-hydroxylation sites is 5. The van der Waals surface area contributed by atoms with Gasteiger partial charge < -0.3 is 13.5 Å². The molecule has 0 aliphatic carbocycles. The first-order chi connectivity index (χ1) is 22.4. The number of aromatic nitrogens is 3. The van der Waals surface area contributed by atoms with Gasteiger partial charge in [-0.1, -0.05) is 97.1 Å². The molecule has 0 unspecified atom stereocenters. The average Bonchev–Trinajstić information content (AvgIpc) is 3.82. The lowest BCUT2D eigenvalue weighted by atomic mass is 10.0. The number of rotatable bonds is 2. The van der Waals surface area contributed by atoms with Crippen LogP contribution in [0.2, 0.25) is 0 Å². The highest BCUT2D eigenvalue weighted by molar-refractivity contribution is 6.32. The summed E-state index contributed by atoms with van der Waals surface area (Å²) >= 11 is 0. The van der Waals surface area contributed by atoms with E-state index in [0.717, 1.165) is 0 Å². The summed E-state index contributed by atoms with van der Waals surface area (Å²) in [4.78, 5) is 0. The Bertz CT molecular complexity index is 2940. The Balaban J connectivity index is 1.37. The zero-order valence-electron chi connectivity index (χ0n) is 24.3. The predicted molar refractivity (Wildman–Crippen MR) is 190 cm³/mol. The third-order valence-electron chi connectivity index (χ3n) is 9.93. The summed E-state index contributed by atoms with van der Waals surface area (Å²) in [6.45, 7) is 0. The van der Waals surface area contributed by atoms with E-state index in [9.17, 15) is 0 Å². The van der Waals surface area contributed by atoms with Crippen LogP contribution in [0.1, 0.15) is 0 Å². The van der Waals surface area contributed by atoms with Crippen molar-refractivity contribution in [3.8, 4) is 11.4 Å². The van der Waals surface area contributed by atoms with Gasteiger partial charge in [0.05, 0.1) is 38.6 Å². The molecule has 0 saturated heterocycles. The Morgan fingerprint density at radius 1 is 0.289 bits per heavy atom. The van der Waals surface area contributed by atoms with Gasteiger partial charge in [0.25, 0.3) is 0 Å². The molecule has 0 aliphatic heterocycles. The molecule has 0 radical (unpaired) electrons. The van der Waals surface area contributed by atoms with Crippen molar-refractivity contribution in [2.45, 2.75) is 0 Å². The summed E-state index contributed by atoms with van der Waals surface area (Å²) in [5.74, 6) is 0. The minimum Gasteiger partial charge on any atom is -0.309 e. The van der Waals surface area contributed by atoms with Gasteiger partial charge in [0.2, 0.25) is 0 Å². The highest BCUT2D eigenvalue weighted by atomic mass is 15.0. The average molecular weight is 572 g/mol. The molecule has 0 bridgehead atoms. The Morgan fingerprint density at radius 2 is 0.844 bits per heavy atom. The standard InChI is InChI=1S/C42H25N3/c1-3-12-26(13-4-1)43-35-20-9-8-17-29(35)33-24-34-30-18-11-19-32-40-37(45(41(30)32)39(34)25-38(33)43)23-22-31-28-16-7-10-21-36(28)44(42(31)40)27-14-5-2-6-15-27/h1-25H. The maximum absolute atomic E-state index is 2.52. The van der Waals surface area contributed by atoms with Gasteiger partial charge in [0.1, 0.15) is 0 Å². The predicted octanol–water partition coefficient (Wildman–Crippen LogP) is 11.0. The largest absolute Gasteiger partial charge is 0.309 e. The summed E-state index contributed by atoms with van der Waals surface area (Å²) in [7, 11) is 0. The second-order valence-electron chi connectivity index (χ2n) is 12.2. The monoisotopic (exact) mass is 571 g/mol. The van der Waals surface area contributed by atoms with Gasteiger partial charge in [0, 0.05) is 54.5 Å². The quantitative estimate of drug-likeness (QED) is 0.196. The van der Waals surface area contributed by atoms with Crippen molar-refractivity contribution >= 4 is 81.7 Å². The molecule has 0 fully saturated rings. The van der Waals surface area contributed by atoms with Crippen LogP contribution in [-0.2, 0) is 0 Å². The molecular formula is C42H25N3. The lowest BCUT2D eigenvalue weighted by molar-refractivity contribution is 1.18. The zero-order valence-corrected chi connectivity index (χ0v) is 24.3. The molecule has 0 amide bonds. The van der Waals surface area contributed by atoms with Crippen LogP contribution < -0.4 is 0 Å². The molecule has 0 spiro atoms. The van der Waals surface area contributed by atoms with Gasteiger partial charge in [-0.25, -0.2) is 0 Å². The van der Waals surface area contributed by atoms with Crippen molar-refractivity contribution in [3.63, 3.8) is 0 Å². The van der Waals surface area contributed by atoms with Crippen molar-refractivity contribution in [1.82, 2.24) is 13.5 Å². The first kappa shape index (κ1) is 23.4. The Morgan fingerprint density at radius 3 is 1.60 bits per heavy atom. The summed E-state index contributed by atoms with van der Waals surface area (Å²) in [5, 5.41) is 10.3. The highest BCUT2D eigenvalue weighted by Crippen LogP contribution is 2.46. The molecule has 0 aliphatic rings. The maximum Gasteiger partial charge on any atom is 0.0641 e. The summed E-state index contributed by atoms with van der Waals surface area (Å²) < 4.78 is 7.40. The van der Waals surface area contributed by atoms with Gasteiger partial charge in [-0.3, -0.25) is 0 Å². The normalized spacial score (nSPS) is 12.4. The van der Waals surface area contributed by atoms with Gasteiger partial charge in [-0.05, 0) is 54.6 Å². The maximum atomic E-state index is 2.52. The van der Waals surface area contributed by atoms with E-state index in [1.54, 1.807) is 0 Å². The SMILES string of the molecule is c1ccc(-n2c3ccccc3c3cc4c5cccc6c7c8c(ccc7n(c4cc32)c56)c2ccccc2n8-c2ccccc2)cc1. The summed E-state index contributed by atoms with van der Waals surface area (Å²) in [6.07, 6.45) is 0. The lowest BCUT2D eigenvalue weighted by Gasteiger charge is -2.09. The Kier molecular flexibility index (Phi) is 4.32. The topological polar surface area (TPSA) is 14.3 Å². The minimum absolute atomic E-state index is 1.18. The van der Waals surface area contributed by atoms with Crippen LogP contribution in [0.3, 0.4) is 0 Å². The van der Waals surface area contributed by atoms with Crippen LogP contribution in [0.15, 0.2) is 152 Å². The molecule has 208 valence electrons. The van der Waals surface area contributed by atoms with Crippen LogP contribution in [0.4, 0.5) is 0 Å². The van der Waals surface area contributed by atoms with Crippen LogP contribution >= 0.6 is 0 Å². The van der Waals surface area contributed by atoms with Crippen molar-refractivity contribution in [2.75, 3.05) is 0 Å². The van der Waals surface area contributed by atoms with E-state index in [1.807, 2.05) is 0 Å². The molecule has 0 N–H and O–H groups in total. The van der Waals surface area contributed by atoms with Crippen LogP contribution in [0.5, 0.6) is 0 Å². The third-order valence-corrected chi connectivity index (χ3v) is 9.93. The van der Waals surface area contributed by atoms with Crippen molar-refractivity contribution < 1.29 is 0 Å². The van der Waals surface area contributed by atoms with E-state index in [0.29, 0.717) is 0 Å². The number of benzene rings is 7. The van der Waals surface area contributed by atoms with Gasteiger partial charge in [-0.2, -0.15) is 0 Å². The number of hydrogen-bond acceptors (Lipinski definition) is 0. The fourth-order valence-corrected chi connectivity index (χ4v) is 8.18.